The second-order valence-electron chi connectivity index (χ2n) is 5.29. The van der Waals surface area contributed by atoms with Gasteiger partial charge in [-0.15, -0.1) is 0 Å². The highest BCUT2D eigenvalue weighted by molar-refractivity contribution is 5.93. The van der Waals surface area contributed by atoms with Crippen molar-refractivity contribution in [1.29, 1.82) is 0 Å². The van der Waals surface area contributed by atoms with Crippen molar-refractivity contribution >= 4 is 11.7 Å². The van der Waals surface area contributed by atoms with Crippen LogP contribution in [-0.2, 0) is 11.2 Å². The van der Waals surface area contributed by atoms with Crippen molar-refractivity contribution in [3.63, 3.8) is 0 Å². The Morgan fingerprint density at radius 1 is 1.24 bits per heavy atom. The van der Waals surface area contributed by atoms with Gasteiger partial charge in [-0.2, -0.15) is 0 Å². The van der Waals surface area contributed by atoms with E-state index in [1.165, 1.54) is 5.56 Å². The van der Waals surface area contributed by atoms with Gasteiger partial charge in [0, 0.05) is 5.69 Å². The van der Waals surface area contributed by atoms with Crippen LogP contribution in [0.4, 0.5) is 5.82 Å². The highest BCUT2D eigenvalue weighted by atomic mass is 16.2. The van der Waals surface area contributed by atoms with Gasteiger partial charge in [-0.3, -0.25) is 4.79 Å². The van der Waals surface area contributed by atoms with Gasteiger partial charge in [0.05, 0.1) is 6.04 Å². The van der Waals surface area contributed by atoms with Crippen LogP contribution in [0, 0.1) is 13.8 Å². The lowest BCUT2D eigenvalue weighted by molar-refractivity contribution is -0.117. The number of rotatable bonds is 5. The Morgan fingerprint density at radius 3 is 2.62 bits per heavy atom. The molecule has 0 aliphatic rings. The van der Waals surface area contributed by atoms with E-state index in [-0.39, 0.29) is 5.91 Å². The zero-order valence-electron chi connectivity index (χ0n) is 12.5. The molecule has 0 saturated carbocycles. The predicted molar refractivity (Wildman–Crippen MR) is 85.1 cm³/mol. The smallest absolute Gasteiger partial charge is 0.242 e. The topological polar surface area (TPSA) is 68.0 Å². The average Bonchev–Trinajstić information content (AvgIpc) is 2.44. The number of hydrogen-bond acceptors (Lipinski definition) is 3. The normalized spacial score (nSPS) is 12.0. The number of hydrogen-bond donors (Lipinski definition) is 2. The molecule has 0 saturated heterocycles. The number of nitrogens with one attached hydrogen (secondary N) is 1. The van der Waals surface area contributed by atoms with Crippen LogP contribution >= 0.6 is 0 Å². The second kappa shape index (κ2) is 6.99. The van der Waals surface area contributed by atoms with Crippen LogP contribution in [0.2, 0.25) is 0 Å². The first kappa shape index (κ1) is 15.2. The zero-order valence-corrected chi connectivity index (χ0v) is 12.5. The molecule has 0 spiro atoms. The van der Waals surface area contributed by atoms with Gasteiger partial charge in [0.25, 0.3) is 0 Å². The number of aryl methyl sites for hydroxylation is 3. The van der Waals surface area contributed by atoms with E-state index in [9.17, 15) is 4.79 Å². The molecule has 4 heteroatoms. The quantitative estimate of drug-likeness (QED) is 0.886. The van der Waals surface area contributed by atoms with E-state index >= 15 is 0 Å². The maximum Gasteiger partial charge on any atom is 0.242 e. The van der Waals surface area contributed by atoms with Crippen molar-refractivity contribution in [2.75, 3.05) is 5.32 Å². The predicted octanol–water partition coefficient (Wildman–Crippen LogP) is 2.60. The maximum absolute atomic E-state index is 12.1. The summed E-state index contributed by atoms with van der Waals surface area (Å²) in [6.07, 6.45) is 1.40. The van der Waals surface area contributed by atoms with Crippen LogP contribution in [-0.4, -0.2) is 16.9 Å². The summed E-state index contributed by atoms with van der Waals surface area (Å²) in [7, 11) is 0. The fourth-order valence-corrected chi connectivity index (χ4v) is 2.22. The molecule has 0 bridgehead atoms. The number of aromatic nitrogens is 1. The first-order valence-corrected chi connectivity index (χ1v) is 7.10. The van der Waals surface area contributed by atoms with Gasteiger partial charge in [-0.25, -0.2) is 4.98 Å². The van der Waals surface area contributed by atoms with Gasteiger partial charge in [0.1, 0.15) is 5.82 Å². The highest BCUT2D eigenvalue weighted by Crippen LogP contribution is 2.10. The Morgan fingerprint density at radius 2 is 1.95 bits per heavy atom. The van der Waals surface area contributed by atoms with E-state index in [0.29, 0.717) is 12.2 Å². The summed E-state index contributed by atoms with van der Waals surface area (Å²) < 4.78 is 0. The first-order valence-electron chi connectivity index (χ1n) is 7.10. The number of benzene rings is 1. The third kappa shape index (κ3) is 4.68. The number of carbonyl (C=O) groups is 1. The first-order chi connectivity index (χ1) is 10.0. The molecular formula is C17H21N3O. The standard InChI is InChI=1S/C17H21N3O/c1-12-10-13(2)19-16(11-12)20-17(21)15(18)9-8-14-6-4-3-5-7-14/h3-7,10-11,15H,8-9,18H2,1-2H3,(H,19,20,21). The van der Waals surface area contributed by atoms with E-state index in [1.807, 2.05) is 56.3 Å². The Kier molecular flexibility index (Phi) is 5.06. The van der Waals surface area contributed by atoms with E-state index < -0.39 is 6.04 Å². The van der Waals surface area contributed by atoms with E-state index in [0.717, 1.165) is 17.7 Å². The van der Waals surface area contributed by atoms with E-state index in [4.69, 9.17) is 5.73 Å². The Hall–Kier alpha value is -2.20. The summed E-state index contributed by atoms with van der Waals surface area (Å²) in [6.45, 7) is 3.87. The number of anilines is 1. The van der Waals surface area contributed by atoms with Crippen molar-refractivity contribution in [2.24, 2.45) is 5.73 Å². The molecule has 0 fully saturated rings. The van der Waals surface area contributed by atoms with Crippen molar-refractivity contribution in [1.82, 2.24) is 4.98 Å². The minimum atomic E-state index is -0.534. The van der Waals surface area contributed by atoms with Crippen LogP contribution in [0.1, 0.15) is 23.2 Å². The molecule has 1 aromatic carbocycles. The minimum absolute atomic E-state index is 0.191. The molecule has 4 nitrogen and oxygen atoms in total. The average molecular weight is 283 g/mol. The summed E-state index contributed by atoms with van der Waals surface area (Å²) in [5.74, 6) is 0.371. The molecule has 1 atom stereocenters. The van der Waals surface area contributed by atoms with Crippen LogP contribution in [0.15, 0.2) is 42.5 Å². The van der Waals surface area contributed by atoms with Crippen molar-refractivity contribution in [3.05, 3.63) is 59.3 Å². The molecule has 2 aromatic rings. The monoisotopic (exact) mass is 283 g/mol. The van der Waals surface area contributed by atoms with Gasteiger partial charge in [0.15, 0.2) is 0 Å². The number of nitrogens with two attached hydrogens (primary N) is 1. The summed E-state index contributed by atoms with van der Waals surface area (Å²) in [5.41, 5.74) is 9.08. The van der Waals surface area contributed by atoms with Crippen LogP contribution in [0.5, 0.6) is 0 Å². The molecule has 21 heavy (non-hydrogen) atoms. The summed E-state index contributed by atoms with van der Waals surface area (Å²) in [4.78, 5) is 16.4. The van der Waals surface area contributed by atoms with Crippen LogP contribution < -0.4 is 11.1 Å². The minimum Gasteiger partial charge on any atom is -0.320 e. The lowest BCUT2D eigenvalue weighted by Gasteiger charge is -2.12. The zero-order chi connectivity index (χ0) is 15.2. The Bertz CT molecular complexity index is 590. The molecule has 0 radical (unpaired) electrons. The highest BCUT2D eigenvalue weighted by Gasteiger charge is 2.14. The molecule has 110 valence electrons. The summed E-state index contributed by atoms with van der Waals surface area (Å²) in [6, 6.07) is 13.3. The van der Waals surface area contributed by atoms with Gasteiger partial charge in [-0.1, -0.05) is 30.3 Å². The van der Waals surface area contributed by atoms with Gasteiger partial charge in [0.2, 0.25) is 5.91 Å². The van der Waals surface area contributed by atoms with Gasteiger partial charge in [-0.05, 0) is 49.9 Å². The molecule has 0 aliphatic heterocycles. The molecule has 0 aliphatic carbocycles. The summed E-state index contributed by atoms with van der Waals surface area (Å²) >= 11 is 0. The number of amides is 1. The molecular weight excluding hydrogens is 262 g/mol. The largest absolute Gasteiger partial charge is 0.320 e. The van der Waals surface area contributed by atoms with E-state index in [2.05, 4.69) is 10.3 Å². The Labute approximate surface area is 125 Å². The van der Waals surface area contributed by atoms with Crippen LogP contribution in [0.3, 0.4) is 0 Å². The third-order valence-corrected chi connectivity index (χ3v) is 3.27. The molecule has 1 amide bonds. The fourth-order valence-electron chi connectivity index (χ4n) is 2.22. The van der Waals surface area contributed by atoms with E-state index in [1.54, 1.807) is 0 Å². The lowest BCUT2D eigenvalue weighted by Crippen LogP contribution is -2.36. The summed E-state index contributed by atoms with van der Waals surface area (Å²) in [5, 5.41) is 2.78. The van der Waals surface area contributed by atoms with Crippen LogP contribution in [0.25, 0.3) is 0 Å². The van der Waals surface area contributed by atoms with Gasteiger partial charge >= 0.3 is 0 Å². The Balaban J connectivity index is 1.90. The third-order valence-electron chi connectivity index (χ3n) is 3.27. The molecule has 1 unspecified atom stereocenters. The van der Waals surface area contributed by atoms with Crippen molar-refractivity contribution in [3.8, 4) is 0 Å². The number of pyridine rings is 1. The SMILES string of the molecule is Cc1cc(C)nc(NC(=O)C(N)CCc2ccccc2)c1. The van der Waals surface area contributed by atoms with Crippen molar-refractivity contribution in [2.45, 2.75) is 32.7 Å². The van der Waals surface area contributed by atoms with Crippen molar-refractivity contribution < 1.29 is 4.79 Å². The molecule has 1 heterocycles. The number of nitrogens with zero attached hydrogens (tertiary/aromatic N) is 1. The molecule has 2 rings (SSSR count). The number of carbonyl (C=O) groups excluding carboxylic acids is 1. The molecule has 1 aromatic heterocycles. The van der Waals surface area contributed by atoms with Gasteiger partial charge < -0.3 is 11.1 Å². The maximum atomic E-state index is 12.1. The second-order valence-corrected chi connectivity index (χ2v) is 5.29. The molecule has 3 N–H and O–H groups in total. The fraction of sp³-hybridized carbons (Fsp3) is 0.294. The lowest BCUT2D eigenvalue weighted by atomic mass is 10.1.